The molecule has 21 heavy (non-hydrogen) atoms. The van der Waals surface area contributed by atoms with E-state index in [1.54, 1.807) is 11.8 Å². The first kappa shape index (κ1) is 14.4. The third kappa shape index (κ3) is 3.06. The number of carbonyl (C=O) groups excluding carboxylic acids is 1. The number of carbonyl (C=O) groups is 1. The van der Waals surface area contributed by atoms with Crippen LogP contribution in [0, 0.1) is 5.92 Å². The number of Topliss-reactive ketones (excluding diaryl/α,β-unsaturated/α-hetero) is 1. The summed E-state index contributed by atoms with van der Waals surface area (Å²) in [6.45, 7) is 0.659. The Kier molecular flexibility index (Phi) is 4.16. The number of thioether (sulfide) groups is 1. The van der Waals surface area contributed by atoms with Gasteiger partial charge in [0.1, 0.15) is 5.00 Å². The number of hydrogen-bond acceptors (Lipinski definition) is 8. The summed E-state index contributed by atoms with van der Waals surface area (Å²) in [6.07, 6.45) is 5.97. The zero-order valence-corrected chi connectivity index (χ0v) is 13.2. The van der Waals surface area contributed by atoms with Gasteiger partial charge in [0, 0.05) is 18.9 Å². The lowest BCUT2D eigenvalue weighted by molar-refractivity contribution is 0.0972. The van der Waals surface area contributed by atoms with Gasteiger partial charge in [-0.25, -0.2) is 0 Å². The van der Waals surface area contributed by atoms with Gasteiger partial charge in [-0.15, -0.1) is 23.1 Å². The number of rotatable bonds is 7. The molecule has 2 aromatic heterocycles. The van der Waals surface area contributed by atoms with Crippen LogP contribution in [0.4, 0.5) is 10.7 Å². The molecule has 1 aliphatic rings. The molecule has 0 spiro atoms. The van der Waals surface area contributed by atoms with E-state index in [4.69, 9.17) is 10.3 Å². The molecule has 112 valence electrons. The van der Waals surface area contributed by atoms with E-state index in [1.807, 2.05) is 6.26 Å². The number of hydrogen-bond donors (Lipinski definition) is 2. The summed E-state index contributed by atoms with van der Waals surface area (Å²) in [6, 6.07) is 0. The van der Waals surface area contributed by atoms with E-state index in [0.717, 1.165) is 22.7 Å². The van der Waals surface area contributed by atoms with E-state index in [2.05, 4.69) is 15.5 Å². The fourth-order valence-corrected chi connectivity index (χ4v) is 4.13. The van der Waals surface area contributed by atoms with Gasteiger partial charge in [0.2, 0.25) is 5.89 Å². The second-order valence-electron chi connectivity index (χ2n) is 4.86. The van der Waals surface area contributed by atoms with Gasteiger partial charge < -0.3 is 15.6 Å². The van der Waals surface area contributed by atoms with Crippen molar-refractivity contribution in [2.45, 2.75) is 24.2 Å². The molecule has 0 bridgehead atoms. The lowest BCUT2D eigenvalue weighted by Gasteiger charge is -2.04. The Morgan fingerprint density at radius 2 is 2.43 bits per heavy atom. The number of nitrogens with one attached hydrogen (secondary N) is 1. The van der Waals surface area contributed by atoms with Crippen LogP contribution in [-0.2, 0) is 6.42 Å². The number of anilines is 2. The Labute approximate surface area is 130 Å². The molecule has 3 N–H and O–H groups in total. The van der Waals surface area contributed by atoms with E-state index < -0.39 is 0 Å². The summed E-state index contributed by atoms with van der Waals surface area (Å²) >= 11 is 3.01. The number of nitrogens with zero attached hydrogens (tertiary/aromatic N) is 2. The predicted octanol–water partition coefficient (Wildman–Crippen LogP) is 2.68. The number of aromatic nitrogens is 2. The Morgan fingerprint density at radius 3 is 3.05 bits per heavy atom. The van der Waals surface area contributed by atoms with E-state index in [-0.39, 0.29) is 11.7 Å². The highest BCUT2D eigenvalue weighted by Gasteiger charge is 2.33. The average molecular weight is 324 g/mol. The van der Waals surface area contributed by atoms with Gasteiger partial charge in [0.15, 0.2) is 12.1 Å². The van der Waals surface area contributed by atoms with Gasteiger partial charge in [0.25, 0.3) is 0 Å². The largest absolute Gasteiger partial charge is 0.396 e. The van der Waals surface area contributed by atoms with Crippen LogP contribution in [-0.4, -0.2) is 28.7 Å². The minimum absolute atomic E-state index is 0.187. The van der Waals surface area contributed by atoms with Crippen molar-refractivity contribution in [2.24, 2.45) is 5.92 Å². The van der Waals surface area contributed by atoms with Gasteiger partial charge in [-0.1, -0.05) is 5.16 Å². The van der Waals surface area contributed by atoms with Gasteiger partial charge in [0.05, 0.1) is 15.5 Å². The Bertz CT molecular complexity index is 635. The molecule has 2 aromatic rings. The zero-order chi connectivity index (χ0) is 14.8. The number of ketones is 1. The second-order valence-corrected chi connectivity index (χ2v) is 6.69. The zero-order valence-electron chi connectivity index (χ0n) is 11.6. The third-order valence-corrected chi connectivity index (χ3v) is 5.45. The van der Waals surface area contributed by atoms with Crippen molar-refractivity contribution in [2.75, 3.05) is 23.9 Å². The molecule has 8 heteroatoms. The first-order valence-electron chi connectivity index (χ1n) is 6.70. The van der Waals surface area contributed by atoms with Crippen LogP contribution in [0.1, 0.15) is 28.4 Å². The lowest BCUT2D eigenvalue weighted by Crippen LogP contribution is -2.04. The predicted molar refractivity (Wildman–Crippen MR) is 84.1 cm³/mol. The van der Waals surface area contributed by atoms with Crippen LogP contribution < -0.4 is 11.1 Å². The van der Waals surface area contributed by atoms with Gasteiger partial charge in [-0.2, -0.15) is 4.98 Å². The van der Waals surface area contributed by atoms with Crippen LogP contribution >= 0.6 is 23.1 Å². The summed E-state index contributed by atoms with van der Waals surface area (Å²) in [4.78, 5) is 17.9. The number of nitrogens with two attached hydrogens (primary N) is 1. The molecule has 0 aliphatic heterocycles. The van der Waals surface area contributed by atoms with Crippen molar-refractivity contribution in [3.8, 4) is 0 Å². The van der Waals surface area contributed by atoms with Gasteiger partial charge in [-0.05, 0) is 19.1 Å². The molecule has 0 atom stereocenters. The SMILES string of the molecule is CSc1c(NCCc2ncno2)sc(C(=O)C2CC2)c1N. The maximum absolute atomic E-state index is 12.2. The van der Waals surface area contributed by atoms with Crippen LogP contribution in [0.2, 0.25) is 0 Å². The molecule has 0 amide bonds. The molecule has 0 unspecified atom stereocenters. The number of thiophene rings is 1. The molecule has 0 saturated heterocycles. The molecule has 6 nitrogen and oxygen atoms in total. The fourth-order valence-electron chi connectivity index (χ4n) is 2.05. The third-order valence-electron chi connectivity index (χ3n) is 3.31. The molecule has 0 radical (unpaired) electrons. The van der Waals surface area contributed by atoms with Crippen molar-refractivity contribution in [1.82, 2.24) is 10.1 Å². The maximum atomic E-state index is 12.2. The Hall–Kier alpha value is -1.54. The molecular formula is C13H16N4O2S2. The summed E-state index contributed by atoms with van der Waals surface area (Å²) in [5.41, 5.74) is 6.75. The highest BCUT2D eigenvalue weighted by Crippen LogP contribution is 2.45. The highest BCUT2D eigenvalue weighted by atomic mass is 32.2. The van der Waals surface area contributed by atoms with Crippen molar-refractivity contribution in [1.29, 1.82) is 0 Å². The van der Waals surface area contributed by atoms with Crippen LogP contribution in [0.25, 0.3) is 0 Å². The van der Waals surface area contributed by atoms with E-state index >= 15 is 0 Å². The monoisotopic (exact) mass is 324 g/mol. The van der Waals surface area contributed by atoms with Crippen LogP contribution in [0.3, 0.4) is 0 Å². The van der Waals surface area contributed by atoms with E-state index in [9.17, 15) is 4.79 Å². The average Bonchev–Trinajstić information content (AvgIpc) is 3.11. The summed E-state index contributed by atoms with van der Waals surface area (Å²) in [5, 5.41) is 7.83. The molecular weight excluding hydrogens is 308 g/mol. The normalized spacial score (nSPS) is 14.3. The minimum Gasteiger partial charge on any atom is -0.396 e. The topological polar surface area (TPSA) is 94.0 Å². The molecule has 1 aliphatic carbocycles. The summed E-state index contributed by atoms with van der Waals surface area (Å²) < 4.78 is 4.95. The first-order chi connectivity index (χ1) is 10.2. The summed E-state index contributed by atoms with van der Waals surface area (Å²) in [7, 11) is 0. The van der Waals surface area contributed by atoms with Crippen LogP contribution in [0.15, 0.2) is 15.7 Å². The molecule has 1 fully saturated rings. The molecule has 3 rings (SSSR count). The van der Waals surface area contributed by atoms with Crippen LogP contribution in [0.5, 0.6) is 0 Å². The number of nitrogen functional groups attached to an aromatic ring is 1. The first-order valence-corrected chi connectivity index (χ1v) is 8.74. The molecule has 1 saturated carbocycles. The maximum Gasteiger partial charge on any atom is 0.228 e. The van der Waals surface area contributed by atoms with Gasteiger partial charge in [-0.3, -0.25) is 4.79 Å². The Balaban J connectivity index is 1.71. The highest BCUT2D eigenvalue weighted by molar-refractivity contribution is 7.99. The van der Waals surface area contributed by atoms with Crippen molar-refractivity contribution in [3.63, 3.8) is 0 Å². The van der Waals surface area contributed by atoms with Gasteiger partial charge >= 0.3 is 0 Å². The van der Waals surface area contributed by atoms with Crippen molar-refractivity contribution >= 4 is 39.6 Å². The fraction of sp³-hybridized carbons (Fsp3) is 0.462. The van der Waals surface area contributed by atoms with Crippen molar-refractivity contribution in [3.05, 3.63) is 17.1 Å². The van der Waals surface area contributed by atoms with E-state index in [1.165, 1.54) is 17.7 Å². The second kappa shape index (κ2) is 6.07. The summed E-state index contributed by atoms with van der Waals surface area (Å²) in [5.74, 6) is 0.969. The quantitative estimate of drug-likeness (QED) is 0.597. The molecule has 2 heterocycles. The Morgan fingerprint density at radius 1 is 1.62 bits per heavy atom. The lowest BCUT2D eigenvalue weighted by atomic mass is 10.2. The van der Waals surface area contributed by atoms with E-state index in [0.29, 0.717) is 29.4 Å². The minimum atomic E-state index is 0.187. The van der Waals surface area contributed by atoms with Crippen molar-refractivity contribution < 1.29 is 9.32 Å². The standard InChI is InChI=1S/C13H16N4O2S2/c1-20-12-9(14)11(10(18)7-2-3-7)21-13(12)15-5-4-8-16-6-17-19-8/h6-7,15H,2-5,14H2,1H3. The smallest absolute Gasteiger partial charge is 0.228 e. The molecule has 0 aromatic carbocycles.